The summed E-state index contributed by atoms with van der Waals surface area (Å²) in [4.78, 5) is 23.4. The van der Waals surface area contributed by atoms with E-state index in [0.717, 1.165) is 70.6 Å². The minimum absolute atomic E-state index is 0.0394. The molecule has 14 atom stereocenters. The van der Waals surface area contributed by atoms with Crippen LogP contribution in [-0.4, -0.2) is 88.4 Å². The largest absolute Gasteiger partial charge is 0.466 e. The van der Waals surface area contributed by atoms with Crippen LogP contribution in [0.3, 0.4) is 0 Å². The number of aliphatic hydroxyl groups is 4. The summed E-state index contributed by atoms with van der Waals surface area (Å²) < 4.78 is 18.2. The Morgan fingerprint density at radius 1 is 1.11 bits per heavy atom. The van der Waals surface area contributed by atoms with Crippen molar-refractivity contribution >= 4 is 11.9 Å². The van der Waals surface area contributed by atoms with E-state index < -0.39 is 37.3 Å². The van der Waals surface area contributed by atoms with Gasteiger partial charge in [0.2, 0.25) is 5.91 Å². The summed E-state index contributed by atoms with van der Waals surface area (Å²) in [5.41, 5.74) is 1.51. The topological polar surface area (TPSA) is 155 Å². The number of ether oxygens (including phenoxy) is 3. The highest BCUT2D eigenvalue weighted by atomic mass is 16.7. The minimum Gasteiger partial charge on any atom is -0.466 e. The van der Waals surface area contributed by atoms with Crippen LogP contribution in [0.5, 0.6) is 0 Å². The van der Waals surface area contributed by atoms with Crippen LogP contribution in [0.25, 0.3) is 0 Å². The predicted octanol–water partition coefficient (Wildman–Crippen LogP) is 3.62. The fourth-order valence-electron chi connectivity index (χ4n) is 10.4. The number of rotatable bonds is 11. The summed E-state index contributed by atoms with van der Waals surface area (Å²) in [6.45, 7) is 9.76. The second kappa shape index (κ2) is 14.5. The van der Waals surface area contributed by atoms with Crippen LogP contribution in [-0.2, 0) is 23.8 Å². The lowest BCUT2D eigenvalue weighted by Crippen LogP contribution is -2.65. The predicted molar refractivity (Wildman–Crippen MR) is 171 cm³/mol. The Bertz CT molecular complexity index is 1120. The first-order chi connectivity index (χ1) is 21.8. The number of unbranched alkanes of at least 4 members (excludes halogenated alkanes) is 1. The van der Waals surface area contributed by atoms with Gasteiger partial charge in [0.05, 0.1) is 25.4 Å². The first-order valence-corrected chi connectivity index (χ1v) is 17.8. The van der Waals surface area contributed by atoms with Crippen molar-refractivity contribution in [3.8, 4) is 0 Å². The van der Waals surface area contributed by atoms with E-state index >= 15 is 0 Å². The monoisotopic (exact) mass is 649 g/mol. The van der Waals surface area contributed by atoms with Gasteiger partial charge in [-0.05, 0) is 98.2 Å². The highest BCUT2D eigenvalue weighted by Crippen LogP contribution is 2.67. The van der Waals surface area contributed by atoms with Crippen LogP contribution in [0.15, 0.2) is 11.6 Å². The maximum absolute atomic E-state index is 12.2. The Labute approximate surface area is 274 Å². The normalized spacial score (nSPS) is 44.3. The van der Waals surface area contributed by atoms with Crippen LogP contribution >= 0.6 is 0 Å². The van der Waals surface area contributed by atoms with Gasteiger partial charge in [-0.15, -0.1) is 0 Å². The summed E-state index contributed by atoms with van der Waals surface area (Å²) >= 11 is 0. The molecule has 0 bridgehead atoms. The summed E-state index contributed by atoms with van der Waals surface area (Å²) in [6, 6.07) is -0.964. The van der Waals surface area contributed by atoms with Crippen molar-refractivity contribution in [2.75, 3.05) is 13.2 Å². The quantitative estimate of drug-likeness (QED) is 0.128. The smallest absolute Gasteiger partial charge is 0.302 e. The second-order valence-corrected chi connectivity index (χ2v) is 15.9. The highest BCUT2D eigenvalue weighted by molar-refractivity contribution is 5.73. The van der Waals surface area contributed by atoms with Gasteiger partial charge in [0.25, 0.3) is 0 Å². The van der Waals surface area contributed by atoms with E-state index in [9.17, 15) is 30.0 Å². The summed E-state index contributed by atoms with van der Waals surface area (Å²) in [5.74, 6) is 1.26. The van der Waals surface area contributed by atoms with Gasteiger partial charge in [0.1, 0.15) is 24.4 Å². The third kappa shape index (κ3) is 7.08. The zero-order valence-corrected chi connectivity index (χ0v) is 28.5. The van der Waals surface area contributed by atoms with Gasteiger partial charge >= 0.3 is 5.97 Å². The van der Waals surface area contributed by atoms with E-state index in [1.54, 1.807) is 0 Å². The van der Waals surface area contributed by atoms with Gasteiger partial charge in [-0.1, -0.05) is 45.3 Å². The van der Waals surface area contributed by atoms with Crippen LogP contribution in [0.1, 0.15) is 105 Å². The molecule has 46 heavy (non-hydrogen) atoms. The lowest BCUT2D eigenvalue weighted by Gasteiger charge is -2.58. The molecule has 5 rings (SSSR count). The van der Waals surface area contributed by atoms with E-state index in [0.29, 0.717) is 30.3 Å². The molecule has 3 saturated carbocycles. The SMILES string of the molecule is CC(=O)NC1C(O[C@H]2C[C@H](CCCC[C@@H](C)COC(C)=O)[C@@]3(C)CC[C@H]4[C@@H](CC=C5C[C@@H](O)CC[C@@]54C)[C@H]23)OC(CO)C(O)C1O. The van der Waals surface area contributed by atoms with Crippen molar-refractivity contribution in [3.63, 3.8) is 0 Å². The number of amides is 1. The lowest BCUT2D eigenvalue weighted by atomic mass is 9.47. The summed E-state index contributed by atoms with van der Waals surface area (Å²) in [6.07, 6.45) is 8.05. The maximum Gasteiger partial charge on any atom is 0.302 e. The molecule has 1 saturated heterocycles. The van der Waals surface area contributed by atoms with Gasteiger partial charge in [0.15, 0.2) is 6.29 Å². The molecular weight excluding hydrogens is 590 g/mol. The number of fused-ring (bicyclic) bond motifs is 5. The Kier molecular flexibility index (Phi) is 11.3. The van der Waals surface area contributed by atoms with Crippen LogP contribution < -0.4 is 5.32 Å². The molecule has 5 unspecified atom stereocenters. The van der Waals surface area contributed by atoms with Crippen molar-refractivity contribution in [2.24, 2.45) is 40.4 Å². The van der Waals surface area contributed by atoms with Gasteiger partial charge in [-0.2, -0.15) is 0 Å². The molecule has 1 aliphatic heterocycles. The molecule has 4 fully saturated rings. The molecule has 0 aromatic heterocycles. The number of esters is 1. The number of aliphatic hydroxyl groups excluding tert-OH is 4. The zero-order chi connectivity index (χ0) is 33.4. The van der Waals surface area contributed by atoms with E-state index in [1.165, 1.54) is 19.4 Å². The lowest BCUT2D eigenvalue weighted by molar-refractivity contribution is -0.289. The molecule has 1 amide bonds. The number of carbonyl (C=O) groups excluding carboxylic acids is 2. The third-order valence-electron chi connectivity index (χ3n) is 12.9. The first-order valence-electron chi connectivity index (χ1n) is 17.8. The summed E-state index contributed by atoms with van der Waals surface area (Å²) in [7, 11) is 0. The van der Waals surface area contributed by atoms with Crippen molar-refractivity contribution in [1.29, 1.82) is 0 Å². The Balaban J connectivity index is 1.38. The van der Waals surface area contributed by atoms with Gasteiger partial charge in [-0.3, -0.25) is 9.59 Å². The molecule has 0 spiro atoms. The first kappa shape index (κ1) is 35.7. The standard InChI is InChI=1S/C36H59NO9/c1-20(19-44-22(3)40)8-6-7-9-23-17-28(45-34-31(37-21(2)39)33(43)32(42)29(18-38)46-34)30-26-11-10-24-16-25(41)12-14-35(24,4)27(26)13-15-36(23,30)5/h10,20,23,25-34,38,41-43H,6-9,11-19H2,1-5H3,(H,37,39)/t20-,23+,25+,26-,27+,28+,29?,30-,31?,32?,33?,34?,35+,36-/m1/s1. The molecule has 10 heteroatoms. The summed E-state index contributed by atoms with van der Waals surface area (Å²) in [5, 5.41) is 44.8. The Morgan fingerprint density at radius 3 is 2.57 bits per heavy atom. The van der Waals surface area contributed by atoms with Crippen LogP contribution in [0.2, 0.25) is 0 Å². The van der Waals surface area contributed by atoms with Crippen molar-refractivity contribution < 1.29 is 44.2 Å². The Hall–Kier alpha value is -1.56. The Morgan fingerprint density at radius 2 is 1.87 bits per heavy atom. The molecule has 0 radical (unpaired) electrons. The number of allylic oxidation sites excluding steroid dienone is 1. The number of carbonyl (C=O) groups is 2. The van der Waals surface area contributed by atoms with Crippen molar-refractivity contribution in [3.05, 3.63) is 11.6 Å². The zero-order valence-electron chi connectivity index (χ0n) is 28.5. The second-order valence-electron chi connectivity index (χ2n) is 15.9. The van der Waals surface area contributed by atoms with Gasteiger partial charge in [0, 0.05) is 13.8 Å². The molecule has 5 aliphatic rings. The number of hydrogen-bond acceptors (Lipinski definition) is 9. The van der Waals surface area contributed by atoms with E-state index in [4.69, 9.17) is 14.2 Å². The van der Waals surface area contributed by atoms with Crippen LogP contribution in [0, 0.1) is 40.4 Å². The third-order valence-corrected chi connectivity index (χ3v) is 12.9. The van der Waals surface area contributed by atoms with Gasteiger partial charge in [-0.25, -0.2) is 0 Å². The molecule has 0 aromatic carbocycles. The fourth-order valence-corrected chi connectivity index (χ4v) is 10.4. The highest BCUT2D eigenvalue weighted by Gasteiger charge is 2.62. The molecule has 5 N–H and O–H groups in total. The van der Waals surface area contributed by atoms with Crippen LogP contribution in [0.4, 0.5) is 0 Å². The molecule has 262 valence electrons. The average Bonchev–Trinajstić information content (AvgIpc) is 3.28. The number of hydrogen-bond donors (Lipinski definition) is 5. The molecular formula is C36H59NO9. The van der Waals surface area contributed by atoms with Crippen molar-refractivity contribution in [1.82, 2.24) is 5.32 Å². The molecule has 4 aliphatic carbocycles. The number of nitrogens with one attached hydrogen (secondary N) is 1. The van der Waals surface area contributed by atoms with E-state index in [-0.39, 0.29) is 40.8 Å². The van der Waals surface area contributed by atoms with Gasteiger partial charge < -0.3 is 40.0 Å². The minimum atomic E-state index is -1.35. The fraction of sp³-hybridized carbons (Fsp3) is 0.889. The maximum atomic E-state index is 12.2. The molecule has 0 aromatic rings. The molecule has 1 heterocycles. The van der Waals surface area contributed by atoms with Crippen molar-refractivity contribution in [2.45, 2.75) is 148 Å². The van der Waals surface area contributed by atoms with E-state index in [2.05, 4.69) is 32.2 Å². The average molecular weight is 650 g/mol. The molecule has 10 nitrogen and oxygen atoms in total. The van der Waals surface area contributed by atoms with E-state index in [1.807, 2.05) is 0 Å².